The monoisotopic (exact) mass is 364 g/mol. The van der Waals surface area contributed by atoms with Crippen LogP contribution in [0.1, 0.15) is 11.4 Å². The molecule has 2 heterocycles. The maximum atomic E-state index is 13.1. The summed E-state index contributed by atoms with van der Waals surface area (Å²) in [6.07, 6.45) is 0. The smallest absolute Gasteiger partial charge is 0.280 e. The molecule has 2 aromatic heterocycles. The molecule has 4 aromatic rings. The van der Waals surface area contributed by atoms with Gasteiger partial charge in [-0.05, 0) is 56.3 Å². The van der Waals surface area contributed by atoms with Gasteiger partial charge in [-0.1, -0.05) is 29.8 Å². The van der Waals surface area contributed by atoms with Gasteiger partial charge in [0.1, 0.15) is 0 Å². The molecule has 0 fully saturated rings. The Morgan fingerprint density at radius 3 is 2.35 bits per heavy atom. The molecule has 1 N–H and O–H groups in total. The first-order valence-corrected chi connectivity index (χ1v) is 8.62. The molecule has 0 amide bonds. The summed E-state index contributed by atoms with van der Waals surface area (Å²) in [6.45, 7) is 3.81. The van der Waals surface area contributed by atoms with E-state index in [0.29, 0.717) is 10.6 Å². The molecule has 0 unspecified atom stereocenters. The zero-order valence-electron chi connectivity index (χ0n) is 14.4. The number of aromatic amines is 1. The zero-order chi connectivity index (χ0) is 18.3. The van der Waals surface area contributed by atoms with Crippen LogP contribution in [-0.2, 0) is 0 Å². The Morgan fingerprint density at radius 1 is 0.962 bits per heavy atom. The third-order valence-corrected chi connectivity index (χ3v) is 4.50. The zero-order valence-corrected chi connectivity index (χ0v) is 15.2. The van der Waals surface area contributed by atoms with Crippen LogP contribution in [0.25, 0.3) is 22.6 Å². The molecule has 0 aliphatic heterocycles. The number of hydrogen-bond donors (Lipinski definition) is 1. The van der Waals surface area contributed by atoms with Crippen molar-refractivity contribution in [2.75, 3.05) is 0 Å². The van der Waals surface area contributed by atoms with Crippen LogP contribution < -0.4 is 5.56 Å². The molecule has 130 valence electrons. The van der Waals surface area contributed by atoms with Crippen LogP contribution in [0.5, 0.6) is 0 Å². The molecule has 26 heavy (non-hydrogen) atoms. The van der Waals surface area contributed by atoms with Crippen molar-refractivity contribution in [1.29, 1.82) is 0 Å². The number of aryl methyl sites for hydroxylation is 2. The first-order valence-electron chi connectivity index (χ1n) is 8.24. The van der Waals surface area contributed by atoms with Crippen LogP contribution in [0.15, 0.2) is 65.5 Å². The molecule has 5 nitrogen and oxygen atoms in total. The van der Waals surface area contributed by atoms with Gasteiger partial charge in [0, 0.05) is 10.7 Å². The van der Waals surface area contributed by atoms with Gasteiger partial charge >= 0.3 is 0 Å². The Balaban J connectivity index is 1.91. The van der Waals surface area contributed by atoms with E-state index in [1.807, 2.05) is 62.4 Å². The number of nitrogens with zero attached hydrogens (tertiary/aromatic N) is 3. The molecule has 0 aliphatic carbocycles. The van der Waals surface area contributed by atoms with Crippen molar-refractivity contribution in [2.45, 2.75) is 13.8 Å². The number of hydrogen-bond acceptors (Lipinski definition) is 2. The first kappa shape index (κ1) is 16.4. The lowest BCUT2D eigenvalue weighted by atomic mass is 10.1. The van der Waals surface area contributed by atoms with Crippen LogP contribution in [0.4, 0.5) is 0 Å². The molecule has 0 saturated heterocycles. The van der Waals surface area contributed by atoms with E-state index in [4.69, 9.17) is 11.6 Å². The van der Waals surface area contributed by atoms with E-state index >= 15 is 0 Å². The second kappa shape index (κ2) is 6.35. The van der Waals surface area contributed by atoms with Gasteiger partial charge in [-0.25, -0.2) is 9.36 Å². The number of nitrogens with one attached hydrogen (secondary N) is 1. The van der Waals surface area contributed by atoms with Crippen molar-refractivity contribution in [1.82, 2.24) is 19.6 Å². The topological polar surface area (TPSA) is 55.6 Å². The lowest BCUT2D eigenvalue weighted by Crippen LogP contribution is -2.16. The second-order valence-electron chi connectivity index (χ2n) is 6.15. The predicted molar refractivity (Wildman–Crippen MR) is 103 cm³/mol. The Hall–Kier alpha value is -3.05. The minimum atomic E-state index is -0.123. The minimum Gasteiger partial charge on any atom is -0.295 e. The molecule has 4 rings (SSSR count). The van der Waals surface area contributed by atoms with Gasteiger partial charge in [0.2, 0.25) is 0 Å². The van der Waals surface area contributed by atoms with Crippen molar-refractivity contribution >= 4 is 11.6 Å². The summed E-state index contributed by atoms with van der Waals surface area (Å²) in [4.78, 5) is 13.1. The quantitative estimate of drug-likeness (QED) is 0.589. The van der Waals surface area contributed by atoms with E-state index in [2.05, 4.69) is 10.2 Å². The Labute approximate surface area is 155 Å². The second-order valence-corrected chi connectivity index (χ2v) is 6.58. The average Bonchev–Trinajstić information content (AvgIpc) is 3.16. The van der Waals surface area contributed by atoms with Gasteiger partial charge in [-0.3, -0.25) is 9.89 Å². The predicted octanol–water partition coefficient (Wildman–Crippen LogP) is 4.29. The van der Waals surface area contributed by atoms with Gasteiger partial charge < -0.3 is 0 Å². The summed E-state index contributed by atoms with van der Waals surface area (Å²) >= 11 is 5.95. The highest BCUT2D eigenvalue weighted by Gasteiger charge is 2.19. The Morgan fingerprint density at radius 2 is 1.65 bits per heavy atom. The van der Waals surface area contributed by atoms with Crippen molar-refractivity contribution in [3.8, 4) is 22.6 Å². The summed E-state index contributed by atoms with van der Waals surface area (Å²) in [5.74, 6) is 0. The normalized spacial score (nSPS) is 11.0. The highest BCUT2D eigenvalue weighted by Crippen LogP contribution is 2.24. The summed E-state index contributed by atoms with van der Waals surface area (Å²) in [5, 5.41) is 8.35. The summed E-state index contributed by atoms with van der Waals surface area (Å²) < 4.78 is 3.33. The molecule has 0 spiro atoms. The Kier molecular flexibility index (Phi) is 4.01. The largest absolute Gasteiger partial charge is 0.295 e. The lowest BCUT2D eigenvalue weighted by molar-refractivity contribution is 0.835. The maximum absolute atomic E-state index is 13.1. The van der Waals surface area contributed by atoms with E-state index in [9.17, 15) is 4.79 Å². The summed E-state index contributed by atoms with van der Waals surface area (Å²) in [6, 6.07) is 18.9. The van der Waals surface area contributed by atoms with Gasteiger partial charge in [0.05, 0.1) is 28.3 Å². The van der Waals surface area contributed by atoms with Crippen LogP contribution in [0, 0.1) is 13.8 Å². The van der Waals surface area contributed by atoms with Crippen LogP contribution in [-0.4, -0.2) is 19.6 Å². The highest BCUT2D eigenvalue weighted by atomic mass is 35.5. The molecule has 0 radical (unpaired) electrons. The number of halogens is 1. The molecule has 2 aromatic carbocycles. The number of para-hydroxylation sites is 1. The third-order valence-electron chi connectivity index (χ3n) is 4.24. The van der Waals surface area contributed by atoms with Crippen molar-refractivity contribution < 1.29 is 0 Å². The van der Waals surface area contributed by atoms with Crippen molar-refractivity contribution in [3.63, 3.8) is 0 Å². The fourth-order valence-corrected chi connectivity index (χ4v) is 3.19. The number of benzene rings is 2. The van der Waals surface area contributed by atoms with Gasteiger partial charge in [-0.15, -0.1) is 0 Å². The van der Waals surface area contributed by atoms with Gasteiger partial charge in [0.15, 0.2) is 0 Å². The van der Waals surface area contributed by atoms with E-state index in [-0.39, 0.29) is 5.56 Å². The van der Waals surface area contributed by atoms with E-state index in [0.717, 1.165) is 28.5 Å². The molecule has 0 atom stereocenters. The van der Waals surface area contributed by atoms with Gasteiger partial charge in [-0.2, -0.15) is 5.10 Å². The summed E-state index contributed by atoms with van der Waals surface area (Å²) in [7, 11) is 0. The van der Waals surface area contributed by atoms with Crippen LogP contribution in [0.3, 0.4) is 0 Å². The van der Waals surface area contributed by atoms with Crippen molar-refractivity contribution in [2.24, 2.45) is 0 Å². The number of rotatable bonds is 3. The third kappa shape index (κ3) is 2.76. The van der Waals surface area contributed by atoms with Gasteiger partial charge in [0.25, 0.3) is 5.56 Å². The van der Waals surface area contributed by atoms with Crippen LogP contribution >= 0.6 is 11.6 Å². The molecular weight excluding hydrogens is 348 g/mol. The average molecular weight is 365 g/mol. The fourth-order valence-electron chi connectivity index (χ4n) is 3.06. The standard InChI is InChI=1S/C20H17ClN4O/c1-13-12-18(24(22-13)16-6-4-3-5-7-16)19-14(2)23-25(20(19)26)17-10-8-15(21)9-11-17/h3-12,23H,1-2H3. The van der Waals surface area contributed by atoms with Crippen LogP contribution in [0.2, 0.25) is 5.02 Å². The van der Waals surface area contributed by atoms with Crippen molar-refractivity contribution in [3.05, 3.63) is 87.4 Å². The minimum absolute atomic E-state index is 0.123. The summed E-state index contributed by atoms with van der Waals surface area (Å²) in [5.41, 5.74) is 4.51. The molecule has 0 bridgehead atoms. The van der Waals surface area contributed by atoms with E-state index in [1.54, 1.807) is 16.8 Å². The highest BCUT2D eigenvalue weighted by molar-refractivity contribution is 6.30. The van der Waals surface area contributed by atoms with E-state index in [1.165, 1.54) is 4.68 Å². The first-order chi connectivity index (χ1) is 12.5. The molecule has 6 heteroatoms. The fraction of sp³-hybridized carbons (Fsp3) is 0.100. The number of aromatic nitrogens is 4. The number of H-pyrrole nitrogens is 1. The maximum Gasteiger partial charge on any atom is 0.280 e. The SMILES string of the molecule is Cc1cc(-c2c(C)[nH]n(-c3ccc(Cl)cc3)c2=O)n(-c2ccccc2)n1. The lowest BCUT2D eigenvalue weighted by Gasteiger charge is -2.06. The molecule has 0 aliphatic rings. The molecular formula is C20H17ClN4O. The Bertz CT molecular complexity index is 1120. The molecule has 0 saturated carbocycles. The van der Waals surface area contributed by atoms with E-state index < -0.39 is 0 Å².